The number of aromatic nitrogens is 1. The van der Waals surface area contributed by atoms with Gasteiger partial charge in [-0.1, -0.05) is 35.5 Å². The van der Waals surface area contributed by atoms with Crippen LogP contribution in [0.3, 0.4) is 0 Å². The molecular weight excluding hydrogens is 244 g/mol. The summed E-state index contributed by atoms with van der Waals surface area (Å²) in [4.78, 5) is 13.7. The Balaban J connectivity index is 1.80. The number of β-amino-alcohol motifs (C(OH)–C–C–N with tert-alkyl or cyclic N) is 1. The summed E-state index contributed by atoms with van der Waals surface area (Å²) in [5.41, 5.74) is 1.55. The lowest BCUT2D eigenvalue weighted by atomic mass is 10.1. The summed E-state index contributed by atoms with van der Waals surface area (Å²) in [7, 11) is 0. The number of amides is 1. The van der Waals surface area contributed by atoms with Crippen LogP contribution in [-0.4, -0.2) is 40.3 Å². The molecule has 0 unspecified atom stereocenters. The summed E-state index contributed by atoms with van der Waals surface area (Å²) < 4.78 is 5.11. The van der Waals surface area contributed by atoms with Crippen molar-refractivity contribution in [3.63, 3.8) is 0 Å². The third-order valence-electron chi connectivity index (χ3n) is 3.24. The molecule has 2 heterocycles. The second-order valence-electron chi connectivity index (χ2n) is 4.64. The van der Waals surface area contributed by atoms with Crippen molar-refractivity contribution in [3.8, 4) is 11.3 Å². The molecule has 0 aliphatic carbocycles. The molecule has 0 spiro atoms. The van der Waals surface area contributed by atoms with Gasteiger partial charge in [0.05, 0.1) is 6.10 Å². The van der Waals surface area contributed by atoms with E-state index in [1.165, 1.54) is 0 Å². The highest BCUT2D eigenvalue weighted by atomic mass is 16.5. The molecule has 1 fully saturated rings. The normalized spacial score (nSPS) is 18.8. The highest BCUT2D eigenvalue weighted by Gasteiger charge is 2.27. The van der Waals surface area contributed by atoms with Crippen LogP contribution < -0.4 is 0 Å². The van der Waals surface area contributed by atoms with Crippen LogP contribution in [0.1, 0.15) is 17.0 Å². The fourth-order valence-corrected chi connectivity index (χ4v) is 2.20. The summed E-state index contributed by atoms with van der Waals surface area (Å²) >= 11 is 0. The number of nitrogens with zero attached hydrogens (tertiary/aromatic N) is 2. The van der Waals surface area contributed by atoms with E-state index in [4.69, 9.17) is 4.52 Å². The average molecular weight is 258 g/mol. The first-order valence-corrected chi connectivity index (χ1v) is 6.23. The monoisotopic (exact) mass is 258 g/mol. The van der Waals surface area contributed by atoms with Crippen molar-refractivity contribution in [1.82, 2.24) is 10.1 Å². The molecule has 0 bridgehead atoms. The van der Waals surface area contributed by atoms with Crippen LogP contribution in [0.25, 0.3) is 11.3 Å². The maximum absolute atomic E-state index is 12.1. The fourth-order valence-electron chi connectivity index (χ4n) is 2.20. The minimum atomic E-state index is -0.430. The first-order chi connectivity index (χ1) is 9.24. The summed E-state index contributed by atoms with van der Waals surface area (Å²) in [5, 5.41) is 13.4. The summed E-state index contributed by atoms with van der Waals surface area (Å²) in [5.74, 6) is -0.000755. The molecule has 0 saturated carbocycles. The number of carbonyl (C=O) groups excluding carboxylic acids is 1. The van der Waals surface area contributed by atoms with E-state index < -0.39 is 6.10 Å². The zero-order chi connectivity index (χ0) is 13.2. The third kappa shape index (κ3) is 2.37. The first kappa shape index (κ1) is 11.9. The molecule has 19 heavy (non-hydrogen) atoms. The van der Waals surface area contributed by atoms with E-state index in [0.717, 1.165) is 5.56 Å². The quantitative estimate of drug-likeness (QED) is 0.887. The Kier molecular flexibility index (Phi) is 3.05. The smallest absolute Gasteiger partial charge is 0.292 e. The Bertz CT molecular complexity index is 579. The van der Waals surface area contributed by atoms with Crippen LogP contribution in [0.4, 0.5) is 0 Å². The Labute approximate surface area is 110 Å². The Morgan fingerprint density at radius 1 is 1.37 bits per heavy atom. The molecule has 3 rings (SSSR count). The molecule has 1 saturated heterocycles. The van der Waals surface area contributed by atoms with Crippen molar-refractivity contribution in [1.29, 1.82) is 0 Å². The number of likely N-dealkylation sites (tertiary alicyclic amines) is 1. The van der Waals surface area contributed by atoms with E-state index in [1.54, 1.807) is 11.0 Å². The lowest BCUT2D eigenvalue weighted by molar-refractivity contribution is 0.0724. The maximum atomic E-state index is 12.1. The van der Waals surface area contributed by atoms with Crippen molar-refractivity contribution in [2.45, 2.75) is 12.5 Å². The van der Waals surface area contributed by atoms with Gasteiger partial charge in [-0.15, -0.1) is 0 Å². The second kappa shape index (κ2) is 4.85. The van der Waals surface area contributed by atoms with Crippen LogP contribution >= 0.6 is 0 Å². The summed E-state index contributed by atoms with van der Waals surface area (Å²) in [6.45, 7) is 0.918. The molecule has 1 atom stereocenters. The molecule has 5 nitrogen and oxygen atoms in total. The van der Waals surface area contributed by atoms with Gasteiger partial charge in [-0.05, 0) is 6.42 Å². The standard InChI is InChI=1S/C14H14N2O3/c17-11-6-7-16(9-11)14(18)13-8-12(15-19-13)10-4-2-1-3-5-10/h1-5,8,11,17H,6-7,9H2/t11-/m1/s1. The van der Waals surface area contributed by atoms with Crippen LogP contribution in [-0.2, 0) is 0 Å². The van der Waals surface area contributed by atoms with E-state index in [2.05, 4.69) is 5.16 Å². The zero-order valence-electron chi connectivity index (χ0n) is 10.3. The van der Waals surface area contributed by atoms with Gasteiger partial charge in [0.25, 0.3) is 5.91 Å². The molecule has 1 aromatic carbocycles. The molecule has 1 aromatic heterocycles. The molecule has 1 N–H and O–H groups in total. The van der Waals surface area contributed by atoms with Crippen molar-refractivity contribution in [2.75, 3.05) is 13.1 Å². The number of aliphatic hydroxyl groups excluding tert-OH is 1. The van der Waals surface area contributed by atoms with Crippen molar-refractivity contribution >= 4 is 5.91 Å². The van der Waals surface area contributed by atoms with Gasteiger partial charge in [0, 0.05) is 24.7 Å². The maximum Gasteiger partial charge on any atom is 0.292 e. The van der Waals surface area contributed by atoms with E-state index in [-0.39, 0.29) is 11.7 Å². The van der Waals surface area contributed by atoms with Crippen LogP contribution in [0.2, 0.25) is 0 Å². The van der Waals surface area contributed by atoms with Crippen molar-refractivity contribution < 1.29 is 14.4 Å². The highest BCUT2D eigenvalue weighted by molar-refractivity contribution is 5.92. The van der Waals surface area contributed by atoms with Crippen molar-refractivity contribution in [2.24, 2.45) is 0 Å². The predicted octanol–water partition coefficient (Wildman–Crippen LogP) is 1.55. The lowest BCUT2D eigenvalue weighted by Crippen LogP contribution is -2.29. The number of carbonyl (C=O) groups is 1. The largest absolute Gasteiger partial charge is 0.391 e. The van der Waals surface area contributed by atoms with Gasteiger partial charge < -0.3 is 14.5 Å². The first-order valence-electron chi connectivity index (χ1n) is 6.23. The molecular formula is C14H14N2O3. The SMILES string of the molecule is O=C(c1cc(-c2ccccc2)no1)N1CC[C@@H](O)C1. The molecule has 2 aromatic rings. The van der Waals surface area contributed by atoms with E-state index >= 15 is 0 Å². The third-order valence-corrected chi connectivity index (χ3v) is 3.24. The number of benzene rings is 1. The Morgan fingerprint density at radius 2 is 2.16 bits per heavy atom. The molecule has 1 aliphatic rings. The van der Waals surface area contributed by atoms with Gasteiger partial charge in [0.15, 0.2) is 0 Å². The van der Waals surface area contributed by atoms with Gasteiger partial charge in [0.2, 0.25) is 5.76 Å². The van der Waals surface area contributed by atoms with Crippen LogP contribution in [0.15, 0.2) is 40.9 Å². The van der Waals surface area contributed by atoms with Gasteiger partial charge in [-0.3, -0.25) is 4.79 Å². The molecule has 0 radical (unpaired) electrons. The topological polar surface area (TPSA) is 66.6 Å². The Hall–Kier alpha value is -2.14. The van der Waals surface area contributed by atoms with Gasteiger partial charge in [0.1, 0.15) is 5.69 Å². The number of aliphatic hydroxyl groups is 1. The van der Waals surface area contributed by atoms with E-state index in [1.807, 2.05) is 30.3 Å². The number of hydrogen-bond donors (Lipinski definition) is 1. The molecule has 98 valence electrons. The number of rotatable bonds is 2. The van der Waals surface area contributed by atoms with E-state index in [0.29, 0.717) is 25.2 Å². The zero-order valence-corrected chi connectivity index (χ0v) is 10.3. The highest BCUT2D eigenvalue weighted by Crippen LogP contribution is 2.20. The van der Waals surface area contributed by atoms with Crippen LogP contribution in [0, 0.1) is 0 Å². The lowest BCUT2D eigenvalue weighted by Gasteiger charge is -2.12. The average Bonchev–Trinajstić information content (AvgIpc) is 3.08. The fraction of sp³-hybridized carbons (Fsp3) is 0.286. The molecule has 1 aliphatic heterocycles. The number of hydrogen-bond acceptors (Lipinski definition) is 4. The van der Waals surface area contributed by atoms with Crippen LogP contribution in [0.5, 0.6) is 0 Å². The minimum absolute atomic E-state index is 0.216. The Morgan fingerprint density at radius 3 is 2.84 bits per heavy atom. The summed E-state index contributed by atoms with van der Waals surface area (Å²) in [6.07, 6.45) is 0.186. The van der Waals surface area contributed by atoms with Gasteiger partial charge >= 0.3 is 0 Å². The molecule has 5 heteroatoms. The second-order valence-corrected chi connectivity index (χ2v) is 4.64. The van der Waals surface area contributed by atoms with E-state index in [9.17, 15) is 9.90 Å². The molecule has 1 amide bonds. The van der Waals surface area contributed by atoms with Gasteiger partial charge in [-0.25, -0.2) is 0 Å². The summed E-state index contributed by atoms with van der Waals surface area (Å²) in [6, 6.07) is 11.2. The van der Waals surface area contributed by atoms with Gasteiger partial charge in [-0.2, -0.15) is 0 Å². The van der Waals surface area contributed by atoms with Crippen molar-refractivity contribution in [3.05, 3.63) is 42.2 Å². The predicted molar refractivity (Wildman–Crippen MR) is 68.5 cm³/mol. The minimum Gasteiger partial charge on any atom is -0.391 e.